The Kier molecular flexibility index (Phi) is 6.16. The maximum absolute atomic E-state index is 12.3. The maximum atomic E-state index is 12.3. The van der Waals surface area contributed by atoms with Gasteiger partial charge in [0.25, 0.3) is 5.91 Å². The second-order valence-corrected chi connectivity index (χ2v) is 6.82. The third kappa shape index (κ3) is 4.61. The predicted octanol–water partition coefficient (Wildman–Crippen LogP) is 4.80. The van der Waals surface area contributed by atoms with Crippen LogP contribution in [-0.2, 0) is 0 Å². The molecule has 0 bridgehead atoms. The Balaban J connectivity index is 1.69. The van der Waals surface area contributed by atoms with Gasteiger partial charge in [0, 0.05) is 21.7 Å². The highest BCUT2D eigenvalue weighted by Gasteiger charge is 2.09. The zero-order valence-electron chi connectivity index (χ0n) is 15.7. The van der Waals surface area contributed by atoms with E-state index in [1.54, 1.807) is 24.3 Å². The summed E-state index contributed by atoms with van der Waals surface area (Å²) in [5, 5.41) is 3.96. The first-order valence-corrected chi connectivity index (χ1v) is 9.22. The Morgan fingerprint density at radius 3 is 2.43 bits per heavy atom. The van der Waals surface area contributed by atoms with Gasteiger partial charge in [0.1, 0.15) is 23.0 Å². The van der Waals surface area contributed by atoms with Gasteiger partial charge in [-0.2, -0.15) is 5.10 Å². The molecule has 1 amide bonds. The number of methoxy groups -OCH3 is 2. The smallest absolute Gasteiger partial charge is 0.271 e. The molecule has 1 N–H and O–H groups in total. The van der Waals surface area contributed by atoms with E-state index >= 15 is 0 Å². The highest BCUT2D eigenvalue weighted by molar-refractivity contribution is 9.10. The molecule has 0 aliphatic rings. The molecular formula is C21H19BrN2O4. The van der Waals surface area contributed by atoms with Crippen LogP contribution in [0.15, 0.2) is 62.5 Å². The third-order valence-corrected chi connectivity index (χ3v) is 4.91. The molecule has 1 aromatic heterocycles. The highest BCUT2D eigenvalue weighted by Crippen LogP contribution is 2.27. The first-order chi connectivity index (χ1) is 13.5. The van der Waals surface area contributed by atoms with Crippen LogP contribution in [0.2, 0.25) is 0 Å². The highest BCUT2D eigenvalue weighted by atomic mass is 79.9. The van der Waals surface area contributed by atoms with Crippen LogP contribution in [0.3, 0.4) is 0 Å². The van der Waals surface area contributed by atoms with Crippen LogP contribution in [-0.4, -0.2) is 26.3 Å². The van der Waals surface area contributed by atoms with Crippen molar-refractivity contribution < 1.29 is 18.7 Å². The van der Waals surface area contributed by atoms with E-state index in [-0.39, 0.29) is 5.91 Å². The fourth-order valence-corrected chi connectivity index (χ4v) is 2.86. The number of amides is 1. The number of hydrazone groups is 1. The van der Waals surface area contributed by atoms with Crippen molar-refractivity contribution in [3.63, 3.8) is 0 Å². The molecular weight excluding hydrogens is 424 g/mol. The second kappa shape index (κ2) is 8.75. The second-order valence-electron chi connectivity index (χ2n) is 5.97. The summed E-state index contributed by atoms with van der Waals surface area (Å²) < 4.78 is 17.1. The third-order valence-electron chi connectivity index (χ3n) is 4.05. The predicted molar refractivity (Wildman–Crippen MR) is 111 cm³/mol. The number of hydrogen-bond acceptors (Lipinski definition) is 5. The molecule has 0 fully saturated rings. The Labute approximate surface area is 171 Å². The van der Waals surface area contributed by atoms with E-state index in [0.717, 1.165) is 15.6 Å². The topological polar surface area (TPSA) is 73.1 Å². The summed E-state index contributed by atoms with van der Waals surface area (Å²) in [4.78, 5) is 12.3. The van der Waals surface area contributed by atoms with E-state index < -0.39 is 0 Å². The summed E-state index contributed by atoms with van der Waals surface area (Å²) in [7, 11) is 3.05. The average molecular weight is 443 g/mol. The zero-order valence-corrected chi connectivity index (χ0v) is 17.2. The first kappa shape index (κ1) is 19.7. The monoisotopic (exact) mass is 442 g/mol. The van der Waals surface area contributed by atoms with Crippen molar-refractivity contribution in [2.75, 3.05) is 14.2 Å². The SMILES string of the molecule is COc1cc(OC)cc(C(=O)N/N=C\c2ccc(-c3ccc(C)c(Br)c3)o2)c1. The van der Waals surface area contributed by atoms with Crippen molar-refractivity contribution in [3.05, 3.63) is 69.9 Å². The molecule has 0 radical (unpaired) electrons. The van der Waals surface area contributed by atoms with Crippen LogP contribution in [0.4, 0.5) is 0 Å². The lowest BCUT2D eigenvalue weighted by Gasteiger charge is -2.07. The average Bonchev–Trinajstić information content (AvgIpc) is 3.18. The lowest BCUT2D eigenvalue weighted by atomic mass is 10.1. The zero-order chi connectivity index (χ0) is 20.1. The minimum Gasteiger partial charge on any atom is -0.497 e. The molecule has 0 saturated carbocycles. The number of rotatable bonds is 6. The van der Waals surface area contributed by atoms with E-state index in [1.807, 2.05) is 31.2 Å². The molecule has 0 saturated heterocycles. The minimum atomic E-state index is -0.386. The van der Waals surface area contributed by atoms with Gasteiger partial charge in [-0.05, 0) is 42.8 Å². The maximum Gasteiger partial charge on any atom is 0.271 e. The lowest BCUT2D eigenvalue weighted by molar-refractivity contribution is 0.0954. The summed E-state index contributed by atoms with van der Waals surface area (Å²) in [6.07, 6.45) is 1.45. The summed E-state index contributed by atoms with van der Waals surface area (Å²) in [5.41, 5.74) is 4.94. The van der Waals surface area contributed by atoms with Crippen molar-refractivity contribution in [1.82, 2.24) is 5.43 Å². The molecule has 0 aliphatic heterocycles. The van der Waals surface area contributed by atoms with Crippen LogP contribution in [0.5, 0.6) is 11.5 Å². The quantitative estimate of drug-likeness (QED) is 0.439. The van der Waals surface area contributed by atoms with E-state index in [9.17, 15) is 4.79 Å². The van der Waals surface area contributed by atoms with Gasteiger partial charge in [0.15, 0.2) is 0 Å². The van der Waals surface area contributed by atoms with Gasteiger partial charge < -0.3 is 13.9 Å². The van der Waals surface area contributed by atoms with Gasteiger partial charge in [-0.1, -0.05) is 28.1 Å². The molecule has 3 rings (SSSR count). The molecule has 3 aromatic rings. The van der Waals surface area contributed by atoms with Crippen LogP contribution in [0.25, 0.3) is 11.3 Å². The molecule has 1 heterocycles. The van der Waals surface area contributed by atoms with Gasteiger partial charge in [-0.3, -0.25) is 4.79 Å². The largest absolute Gasteiger partial charge is 0.497 e. The first-order valence-electron chi connectivity index (χ1n) is 8.43. The van der Waals surface area contributed by atoms with Crippen LogP contribution >= 0.6 is 15.9 Å². The van der Waals surface area contributed by atoms with Gasteiger partial charge in [-0.15, -0.1) is 0 Å². The van der Waals surface area contributed by atoms with E-state index in [1.165, 1.54) is 20.4 Å². The lowest BCUT2D eigenvalue weighted by Crippen LogP contribution is -2.17. The van der Waals surface area contributed by atoms with E-state index in [2.05, 4.69) is 26.5 Å². The Morgan fingerprint density at radius 2 is 1.79 bits per heavy atom. The summed E-state index contributed by atoms with van der Waals surface area (Å²) in [6.45, 7) is 2.02. The van der Waals surface area contributed by atoms with Gasteiger partial charge in [0.2, 0.25) is 0 Å². The van der Waals surface area contributed by atoms with E-state index in [0.29, 0.717) is 28.6 Å². The molecule has 144 valence electrons. The molecule has 7 heteroatoms. The molecule has 28 heavy (non-hydrogen) atoms. The number of furan rings is 1. The number of halogens is 1. The Hall–Kier alpha value is -3.06. The summed E-state index contributed by atoms with van der Waals surface area (Å²) in [5.74, 6) is 1.89. The number of hydrogen-bond donors (Lipinski definition) is 1. The molecule has 0 unspecified atom stereocenters. The van der Waals surface area contributed by atoms with Gasteiger partial charge in [0.05, 0.1) is 20.4 Å². The van der Waals surface area contributed by atoms with Crippen molar-refractivity contribution in [1.29, 1.82) is 0 Å². The number of carbonyl (C=O) groups excluding carboxylic acids is 1. The van der Waals surface area contributed by atoms with Crippen molar-refractivity contribution in [2.24, 2.45) is 5.10 Å². The fraction of sp³-hybridized carbons (Fsp3) is 0.143. The van der Waals surface area contributed by atoms with Crippen LogP contribution in [0.1, 0.15) is 21.7 Å². The van der Waals surface area contributed by atoms with Crippen LogP contribution in [0, 0.1) is 6.92 Å². The number of ether oxygens (including phenoxy) is 2. The summed E-state index contributed by atoms with van der Waals surface area (Å²) in [6, 6.07) is 14.5. The Morgan fingerprint density at radius 1 is 1.07 bits per heavy atom. The number of aryl methyl sites for hydroxylation is 1. The molecule has 0 aliphatic carbocycles. The van der Waals surface area contributed by atoms with Crippen molar-refractivity contribution in [2.45, 2.75) is 6.92 Å². The normalized spacial score (nSPS) is 10.9. The summed E-state index contributed by atoms with van der Waals surface area (Å²) >= 11 is 3.52. The molecule has 2 aromatic carbocycles. The van der Waals surface area contributed by atoms with Gasteiger partial charge in [-0.25, -0.2) is 5.43 Å². The molecule has 6 nitrogen and oxygen atoms in total. The number of carbonyl (C=O) groups is 1. The fourth-order valence-electron chi connectivity index (χ4n) is 2.48. The van der Waals surface area contributed by atoms with E-state index in [4.69, 9.17) is 13.9 Å². The molecule has 0 atom stereocenters. The number of nitrogens with one attached hydrogen (secondary N) is 1. The standard InChI is InChI=1S/C21H19BrN2O4/c1-13-4-5-14(10-19(13)22)20-7-6-16(28-20)12-23-24-21(25)15-8-17(26-2)11-18(9-15)27-3/h4-12H,1-3H3,(H,24,25)/b23-12-. The minimum absolute atomic E-state index is 0.373. The van der Waals surface area contributed by atoms with Crippen LogP contribution < -0.4 is 14.9 Å². The molecule has 0 spiro atoms. The Bertz CT molecular complexity index is 1000. The number of nitrogens with zero attached hydrogens (tertiary/aromatic N) is 1. The van der Waals surface area contributed by atoms with Crippen molar-refractivity contribution >= 4 is 28.1 Å². The van der Waals surface area contributed by atoms with Crippen molar-refractivity contribution in [3.8, 4) is 22.8 Å². The van der Waals surface area contributed by atoms with Gasteiger partial charge >= 0.3 is 0 Å². The number of benzene rings is 2.